The Morgan fingerprint density at radius 1 is 1.50 bits per heavy atom. The topological polar surface area (TPSA) is 32.3 Å². The molecule has 0 aromatic rings. The van der Waals surface area contributed by atoms with Gasteiger partial charge in [0.2, 0.25) is 0 Å². The average Bonchev–Trinajstić information content (AvgIpc) is 2.01. The lowest BCUT2D eigenvalue weighted by Crippen LogP contribution is -2.65. The number of piperazine rings is 1. The summed E-state index contributed by atoms with van der Waals surface area (Å²) < 4.78 is 37.4. The summed E-state index contributed by atoms with van der Waals surface area (Å²) in [4.78, 5) is 10.7. The molecule has 1 fully saturated rings. The zero-order valence-corrected chi connectivity index (χ0v) is 8.06. The molecule has 0 spiro atoms. The third kappa shape index (κ3) is 2.45. The Labute approximate surface area is 80.3 Å². The Bertz CT molecular complexity index is 227. The van der Waals surface area contributed by atoms with Gasteiger partial charge in [-0.05, 0) is 13.8 Å². The largest absolute Gasteiger partial charge is 0.460 e. The minimum absolute atomic E-state index is 0.0377. The molecular formula is C8H13F3N2O. The van der Waals surface area contributed by atoms with Crippen LogP contribution in [-0.4, -0.2) is 42.2 Å². The second-order valence-electron chi connectivity index (χ2n) is 4.06. The van der Waals surface area contributed by atoms with Gasteiger partial charge in [0.1, 0.15) is 6.29 Å². The Hall–Kier alpha value is -0.620. The van der Waals surface area contributed by atoms with Crippen molar-refractivity contribution < 1.29 is 18.0 Å². The molecule has 0 radical (unpaired) electrons. The van der Waals surface area contributed by atoms with Crippen molar-refractivity contribution in [3.8, 4) is 0 Å². The normalized spacial score (nSPS) is 28.8. The summed E-state index contributed by atoms with van der Waals surface area (Å²) >= 11 is 0. The minimum atomic E-state index is -4.44. The number of hydrogen-bond acceptors (Lipinski definition) is 3. The van der Waals surface area contributed by atoms with E-state index in [1.54, 1.807) is 13.8 Å². The van der Waals surface area contributed by atoms with E-state index in [0.717, 1.165) is 0 Å². The van der Waals surface area contributed by atoms with Crippen LogP contribution in [0.2, 0.25) is 0 Å². The van der Waals surface area contributed by atoms with Gasteiger partial charge in [-0.25, -0.2) is 4.90 Å². The van der Waals surface area contributed by atoms with Crippen LogP contribution in [0.1, 0.15) is 13.8 Å². The first-order chi connectivity index (χ1) is 6.26. The Balaban J connectivity index is 2.81. The molecule has 0 aromatic carbocycles. The van der Waals surface area contributed by atoms with E-state index in [2.05, 4.69) is 5.32 Å². The number of carbonyl (C=O) groups excluding carboxylic acids is 1. The molecule has 1 rings (SSSR count). The molecule has 6 heteroatoms. The van der Waals surface area contributed by atoms with Crippen LogP contribution < -0.4 is 5.32 Å². The van der Waals surface area contributed by atoms with E-state index in [9.17, 15) is 18.0 Å². The SMILES string of the molecule is CC1(C)CN(C(F)(F)F)C(C=O)CN1. The van der Waals surface area contributed by atoms with Crippen molar-refractivity contribution in [2.75, 3.05) is 13.1 Å². The third-order valence-electron chi connectivity index (χ3n) is 2.24. The molecule has 0 aliphatic carbocycles. The Morgan fingerprint density at radius 3 is 2.50 bits per heavy atom. The van der Waals surface area contributed by atoms with Gasteiger partial charge in [-0.15, -0.1) is 0 Å². The van der Waals surface area contributed by atoms with E-state index in [1.165, 1.54) is 0 Å². The lowest BCUT2D eigenvalue weighted by molar-refractivity contribution is -0.264. The van der Waals surface area contributed by atoms with E-state index in [4.69, 9.17) is 0 Å². The summed E-state index contributed by atoms with van der Waals surface area (Å²) in [6, 6.07) is -1.11. The van der Waals surface area contributed by atoms with Crippen molar-refractivity contribution in [1.82, 2.24) is 10.2 Å². The van der Waals surface area contributed by atoms with Crippen LogP contribution in [0.25, 0.3) is 0 Å². The molecule has 0 saturated carbocycles. The van der Waals surface area contributed by atoms with E-state index in [0.29, 0.717) is 6.29 Å². The van der Waals surface area contributed by atoms with Crippen molar-refractivity contribution in [3.05, 3.63) is 0 Å². The zero-order chi connectivity index (χ0) is 11.0. The summed E-state index contributed by atoms with van der Waals surface area (Å²) in [6.45, 7) is 3.18. The van der Waals surface area contributed by atoms with Gasteiger partial charge < -0.3 is 10.1 Å². The molecule has 1 heterocycles. The standard InChI is InChI=1S/C8H13F3N2O/c1-7(2)5-13(8(9,10)11)6(4-14)3-12-7/h4,6,12H,3,5H2,1-2H3. The average molecular weight is 210 g/mol. The van der Waals surface area contributed by atoms with Crippen LogP contribution >= 0.6 is 0 Å². The Kier molecular flexibility index (Phi) is 2.87. The molecule has 1 unspecified atom stereocenters. The molecule has 0 bridgehead atoms. The number of nitrogens with one attached hydrogen (secondary N) is 1. The smallest absolute Gasteiger partial charge is 0.309 e. The number of carbonyl (C=O) groups is 1. The fraction of sp³-hybridized carbons (Fsp3) is 0.875. The molecular weight excluding hydrogens is 197 g/mol. The summed E-state index contributed by atoms with van der Waals surface area (Å²) in [5.41, 5.74) is -0.616. The summed E-state index contributed by atoms with van der Waals surface area (Å²) in [5, 5.41) is 2.89. The van der Waals surface area contributed by atoms with Crippen LogP contribution in [0.4, 0.5) is 13.2 Å². The van der Waals surface area contributed by atoms with Gasteiger partial charge in [-0.1, -0.05) is 0 Å². The van der Waals surface area contributed by atoms with Gasteiger partial charge in [0.05, 0.1) is 6.04 Å². The van der Waals surface area contributed by atoms with Crippen LogP contribution in [0.3, 0.4) is 0 Å². The van der Waals surface area contributed by atoms with Crippen molar-refractivity contribution in [1.29, 1.82) is 0 Å². The maximum atomic E-state index is 12.5. The summed E-state index contributed by atoms with van der Waals surface area (Å²) in [6.07, 6.45) is -4.11. The third-order valence-corrected chi connectivity index (χ3v) is 2.24. The first kappa shape index (κ1) is 11.5. The van der Waals surface area contributed by atoms with E-state index in [1.807, 2.05) is 0 Å². The minimum Gasteiger partial charge on any atom is -0.309 e. The predicted octanol–water partition coefficient (Wildman–Crippen LogP) is 0.758. The summed E-state index contributed by atoms with van der Waals surface area (Å²) in [5.74, 6) is 0. The van der Waals surface area contributed by atoms with Crippen LogP contribution in [0, 0.1) is 0 Å². The maximum Gasteiger partial charge on any atom is 0.460 e. The molecule has 82 valence electrons. The highest BCUT2D eigenvalue weighted by Gasteiger charge is 2.47. The van der Waals surface area contributed by atoms with E-state index >= 15 is 0 Å². The Morgan fingerprint density at radius 2 is 2.07 bits per heavy atom. The molecule has 0 amide bonds. The van der Waals surface area contributed by atoms with Crippen molar-refractivity contribution in [2.45, 2.75) is 31.7 Å². The van der Waals surface area contributed by atoms with Crippen LogP contribution in [0.15, 0.2) is 0 Å². The number of alkyl halides is 3. The quantitative estimate of drug-likeness (QED) is 0.512. The fourth-order valence-electron chi connectivity index (χ4n) is 1.49. The first-order valence-electron chi connectivity index (χ1n) is 4.30. The van der Waals surface area contributed by atoms with Gasteiger partial charge in [0, 0.05) is 18.6 Å². The van der Waals surface area contributed by atoms with Gasteiger partial charge in [0.25, 0.3) is 0 Å². The van der Waals surface area contributed by atoms with Crippen molar-refractivity contribution in [3.63, 3.8) is 0 Å². The van der Waals surface area contributed by atoms with Gasteiger partial charge >= 0.3 is 6.30 Å². The molecule has 0 aromatic heterocycles. The fourth-order valence-corrected chi connectivity index (χ4v) is 1.49. The highest BCUT2D eigenvalue weighted by molar-refractivity contribution is 5.58. The second kappa shape index (κ2) is 3.51. The van der Waals surface area contributed by atoms with Gasteiger partial charge in [0.15, 0.2) is 0 Å². The predicted molar refractivity (Wildman–Crippen MR) is 44.7 cm³/mol. The molecule has 1 aliphatic rings. The monoisotopic (exact) mass is 210 g/mol. The maximum absolute atomic E-state index is 12.5. The highest BCUT2D eigenvalue weighted by Crippen LogP contribution is 2.27. The van der Waals surface area contributed by atoms with Gasteiger partial charge in [-0.3, -0.25) is 0 Å². The van der Waals surface area contributed by atoms with Crippen LogP contribution in [-0.2, 0) is 4.79 Å². The molecule has 1 saturated heterocycles. The molecule has 1 aliphatic heterocycles. The molecule has 1 atom stereocenters. The molecule has 14 heavy (non-hydrogen) atoms. The number of nitrogens with zero attached hydrogens (tertiary/aromatic N) is 1. The lowest BCUT2D eigenvalue weighted by Gasteiger charge is -2.42. The van der Waals surface area contributed by atoms with Crippen molar-refractivity contribution in [2.24, 2.45) is 0 Å². The summed E-state index contributed by atoms with van der Waals surface area (Å²) in [7, 11) is 0. The van der Waals surface area contributed by atoms with Crippen molar-refractivity contribution >= 4 is 6.29 Å². The van der Waals surface area contributed by atoms with E-state index in [-0.39, 0.29) is 18.0 Å². The second-order valence-corrected chi connectivity index (χ2v) is 4.06. The van der Waals surface area contributed by atoms with Crippen LogP contribution in [0.5, 0.6) is 0 Å². The number of hydrogen-bond donors (Lipinski definition) is 1. The lowest BCUT2D eigenvalue weighted by atomic mass is 9.99. The molecule has 1 N–H and O–H groups in total. The zero-order valence-electron chi connectivity index (χ0n) is 8.06. The number of halogens is 3. The number of aldehydes is 1. The first-order valence-corrected chi connectivity index (χ1v) is 4.30. The number of rotatable bonds is 1. The molecule has 3 nitrogen and oxygen atoms in total. The highest BCUT2D eigenvalue weighted by atomic mass is 19.4. The van der Waals surface area contributed by atoms with E-state index < -0.39 is 17.9 Å². The van der Waals surface area contributed by atoms with Gasteiger partial charge in [-0.2, -0.15) is 13.2 Å².